The van der Waals surface area contributed by atoms with E-state index in [-0.39, 0.29) is 17.1 Å². The van der Waals surface area contributed by atoms with E-state index in [1.165, 1.54) is 4.57 Å². The van der Waals surface area contributed by atoms with Crippen LogP contribution in [0.3, 0.4) is 0 Å². The summed E-state index contributed by atoms with van der Waals surface area (Å²) in [5, 5.41) is 28.1. The Morgan fingerprint density at radius 2 is 1.67 bits per heavy atom. The van der Waals surface area contributed by atoms with Crippen LogP contribution in [0.2, 0.25) is 0 Å². The number of azo groups is 1. The van der Waals surface area contributed by atoms with Crippen LogP contribution in [0.1, 0.15) is 37.3 Å². The highest BCUT2D eigenvalue weighted by molar-refractivity contribution is 5.65. The number of hydrogen-bond donors (Lipinski definition) is 1. The lowest BCUT2D eigenvalue weighted by atomic mass is 10.1. The van der Waals surface area contributed by atoms with Gasteiger partial charge in [-0.05, 0) is 36.6 Å². The zero-order chi connectivity index (χ0) is 21.5. The summed E-state index contributed by atoms with van der Waals surface area (Å²) in [6.45, 7) is 3.99. The quantitative estimate of drug-likeness (QED) is 0.389. The van der Waals surface area contributed by atoms with Crippen LogP contribution in [-0.2, 0) is 6.54 Å². The van der Waals surface area contributed by atoms with Gasteiger partial charge in [-0.1, -0.05) is 62.2 Å². The Morgan fingerprint density at radius 3 is 2.30 bits per heavy atom. The van der Waals surface area contributed by atoms with Crippen LogP contribution in [0.15, 0.2) is 69.6 Å². The van der Waals surface area contributed by atoms with Gasteiger partial charge in [-0.25, -0.2) is 0 Å². The maximum Gasteiger partial charge on any atom is 0.281 e. The minimum atomic E-state index is -0.440. The van der Waals surface area contributed by atoms with Crippen LogP contribution >= 0.6 is 0 Å². The molecule has 0 radical (unpaired) electrons. The van der Waals surface area contributed by atoms with Crippen molar-refractivity contribution >= 4 is 11.4 Å². The molecule has 6 nitrogen and oxygen atoms in total. The summed E-state index contributed by atoms with van der Waals surface area (Å²) in [6, 6.07) is 19.5. The monoisotopic (exact) mass is 400 g/mol. The van der Waals surface area contributed by atoms with Crippen LogP contribution in [0.25, 0.3) is 11.1 Å². The number of unbranched alkanes of at least 4 members (excludes halogenated alkanes) is 2. The molecule has 152 valence electrons. The fourth-order valence-electron chi connectivity index (χ4n) is 3.24. The van der Waals surface area contributed by atoms with Gasteiger partial charge in [0.15, 0.2) is 5.69 Å². The fraction of sp³-hybridized carbons (Fsp3) is 0.250. The smallest absolute Gasteiger partial charge is 0.281 e. The lowest BCUT2D eigenvalue weighted by molar-refractivity contribution is 0.398. The Labute approximate surface area is 175 Å². The normalized spacial score (nSPS) is 11.0. The van der Waals surface area contributed by atoms with Gasteiger partial charge in [0.2, 0.25) is 5.88 Å². The third-order valence-electron chi connectivity index (χ3n) is 4.99. The van der Waals surface area contributed by atoms with E-state index in [0.717, 1.165) is 30.4 Å². The van der Waals surface area contributed by atoms with Gasteiger partial charge >= 0.3 is 0 Å². The van der Waals surface area contributed by atoms with Gasteiger partial charge in [0.1, 0.15) is 11.6 Å². The molecule has 3 rings (SSSR count). The molecule has 1 aromatic heterocycles. The van der Waals surface area contributed by atoms with Crippen LogP contribution in [0.5, 0.6) is 5.88 Å². The lowest BCUT2D eigenvalue weighted by Crippen LogP contribution is -2.22. The number of nitriles is 1. The molecule has 3 aromatic rings. The summed E-state index contributed by atoms with van der Waals surface area (Å²) in [7, 11) is 0. The number of benzene rings is 2. The zero-order valence-corrected chi connectivity index (χ0v) is 17.2. The van der Waals surface area contributed by atoms with Crippen molar-refractivity contribution in [2.45, 2.75) is 39.7 Å². The second kappa shape index (κ2) is 9.66. The van der Waals surface area contributed by atoms with Gasteiger partial charge in [-0.3, -0.25) is 9.36 Å². The molecule has 0 spiro atoms. The van der Waals surface area contributed by atoms with Crippen LogP contribution in [0, 0.1) is 18.3 Å². The Hall–Kier alpha value is -3.72. The van der Waals surface area contributed by atoms with Crippen molar-refractivity contribution in [3.8, 4) is 23.1 Å². The number of pyridine rings is 1. The van der Waals surface area contributed by atoms with E-state index in [9.17, 15) is 15.2 Å². The van der Waals surface area contributed by atoms with E-state index >= 15 is 0 Å². The highest BCUT2D eigenvalue weighted by Crippen LogP contribution is 2.28. The molecule has 2 aromatic carbocycles. The van der Waals surface area contributed by atoms with E-state index in [1.807, 2.05) is 60.7 Å². The lowest BCUT2D eigenvalue weighted by Gasteiger charge is -2.12. The maximum absolute atomic E-state index is 12.9. The Balaban J connectivity index is 1.93. The minimum absolute atomic E-state index is 0.0551. The average Bonchev–Trinajstić information content (AvgIpc) is 2.77. The molecule has 0 atom stereocenters. The zero-order valence-electron chi connectivity index (χ0n) is 17.2. The predicted molar refractivity (Wildman–Crippen MR) is 117 cm³/mol. The molecule has 0 aliphatic heterocycles. The van der Waals surface area contributed by atoms with E-state index in [4.69, 9.17) is 0 Å². The first kappa shape index (κ1) is 21.0. The van der Waals surface area contributed by atoms with Crippen molar-refractivity contribution in [1.29, 1.82) is 5.26 Å². The van der Waals surface area contributed by atoms with Gasteiger partial charge in [0.25, 0.3) is 5.56 Å². The summed E-state index contributed by atoms with van der Waals surface area (Å²) in [5.74, 6) is -0.303. The number of aromatic hydroxyl groups is 1. The largest absolute Gasteiger partial charge is 0.493 e. The van der Waals surface area contributed by atoms with Crippen molar-refractivity contribution < 1.29 is 5.11 Å². The first-order chi connectivity index (χ1) is 14.6. The van der Waals surface area contributed by atoms with Crippen molar-refractivity contribution in [2.75, 3.05) is 0 Å². The van der Waals surface area contributed by atoms with Gasteiger partial charge in [0, 0.05) is 12.1 Å². The predicted octanol–water partition coefficient (Wildman–Crippen LogP) is 6.01. The second-order valence-electron chi connectivity index (χ2n) is 7.06. The standard InChI is InChI=1S/C24H24N4O2/c1-3-4-8-15-28-23(29)21(16-25)17(2)22(24(28)30)27-26-20-13-11-19(12-14-20)18-9-6-5-7-10-18/h5-7,9-14,29H,3-4,8,15H2,1-2H3. The van der Waals surface area contributed by atoms with Gasteiger partial charge in [-0.15, -0.1) is 5.11 Å². The molecule has 1 heterocycles. The summed E-state index contributed by atoms with van der Waals surface area (Å²) in [6.07, 6.45) is 2.64. The van der Waals surface area contributed by atoms with E-state index in [0.29, 0.717) is 17.8 Å². The highest BCUT2D eigenvalue weighted by atomic mass is 16.3. The summed E-state index contributed by atoms with van der Waals surface area (Å²) < 4.78 is 1.22. The van der Waals surface area contributed by atoms with Crippen molar-refractivity contribution in [3.63, 3.8) is 0 Å². The Morgan fingerprint density at radius 1 is 1.00 bits per heavy atom. The molecule has 0 saturated carbocycles. The molecule has 0 amide bonds. The maximum atomic E-state index is 12.9. The average molecular weight is 400 g/mol. The topological polar surface area (TPSA) is 90.7 Å². The molecule has 6 heteroatoms. The van der Waals surface area contributed by atoms with Crippen LogP contribution in [0.4, 0.5) is 11.4 Å². The molecule has 0 saturated heterocycles. The SMILES string of the molecule is CCCCCn1c(O)c(C#N)c(C)c(N=Nc2ccc(-c3ccccc3)cc2)c1=O. The van der Waals surface area contributed by atoms with E-state index in [1.54, 1.807) is 6.92 Å². The summed E-state index contributed by atoms with van der Waals surface area (Å²) in [5.41, 5.74) is 2.77. The third-order valence-corrected chi connectivity index (χ3v) is 4.99. The van der Waals surface area contributed by atoms with E-state index < -0.39 is 5.56 Å². The molecule has 0 bridgehead atoms. The molecule has 1 N–H and O–H groups in total. The van der Waals surface area contributed by atoms with Gasteiger partial charge in [-0.2, -0.15) is 10.4 Å². The number of hydrogen-bond acceptors (Lipinski definition) is 5. The van der Waals surface area contributed by atoms with Crippen molar-refractivity contribution in [2.24, 2.45) is 10.2 Å². The second-order valence-corrected chi connectivity index (χ2v) is 7.06. The minimum Gasteiger partial charge on any atom is -0.493 e. The third kappa shape index (κ3) is 4.47. The van der Waals surface area contributed by atoms with Crippen LogP contribution in [-0.4, -0.2) is 9.67 Å². The number of aromatic nitrogens is 1. The number of nitrogens with zero attached hydrogens (tertiary/aromatic N) is 4. The molecular formula is C24H24N4O2. The molecule has 0 fully saturated rings. The molecule has 0 aliphatic rings. The molecule has 0 unspecified atom stereocenters. The fourth-order valence-corrected chi connectivity index (χ4v) is 3.24. The first-order valence-corrected chi connectivity index (χ1v) is 10.0. The molecule has 0 aliphatic carbocycles. The summed E-state index contributed by atoms with van der Waals surface area (Å²) in [4.78, 5) is 12.9. The van der Waals surface area contributed by atoms with Gasteiger partial charge in [0.05, 0.1) is 5.69 Å². The first-order valence-electron chi connectivity index (χ1n) is 10.0. The van der Waals surface area contributed by atoms with E-state index in [2.05, 4.69) is 17.2 Å². The van der Waals surface area contributed by atoms with Crippen LogP contribution < -0.4 is 5.56 Å². The Bertz CT molecular complexity index is 1140. The van der Waals surface area contributed by atoms with Crippen molar-refractivity contribution in [3.05, 3.63) is 76.1 Å². The number of rotatable bonds is 7. The molecular weight excluding hydrogens is 376 g/mol. The highest BCUT2D eigenvalue weighted by Gasteiger charge is 2.18. The Kier molecular flexibility index (Phi) is 6.76. The molecule has 30 heavy (non-hydrogen) atoms. The summed E-state index contributed by atoms with van der Waals surface area (Å²) >= 11 is 0. The van der Waals surface area contributed by atoms with Crippen molar-refractivity contribution in [1.82, 2.24) is 4.57 Å². The van der Waals surface area contributed by atoms with Gasteiger partial charge < -0.3 is 5.11 Å².